The molecule has 0 unspecified atom stereocenters. The molecule has 6 heteroatoms. The van der Waals surface area contributed by atoms with Crippen LogP contribution >= 0.6 is 22.9 Å². The van der Waals surface area contributed by atoms with Crippen LogP contribution in [0.25, 0.3) is 11.3 Å². The van der Waals surface area contributed by atoms with E-state index in [1.165, 1.54) is 11.3 Å². The van der Waals surface area contributed by atoms with Crippen molar-refractivity contribution in [1.29, 1.82) is 0 Å². The summed E-state index contributed by atoms with van der Waals surface area (Å²) < 4.78 is 0. The summed E-state index contributed by atoms with van der Waals surface area (Å²) in [5, 5.41) is 5.86. The number of carbonyl (C=O) groups excluding carboxylic acids is 1. The van der Waals surface area contributed by atoms with Gasteiger partial charge in [-0.25, -0.2) is 4.98 Å². The van der Waals surface area contributed by atoms with Gasteiger partial charge in [-0.05, 0) is 36.4 Å². The van der Waals surface area contributed by atoms with Gasteiger partial charge in [-0.1, -0.05) is 23.7 Å². The highest BCUT2D eigenvalue weighted by Crippen LogP contribution is 2.25. The van der Waals surface area contributed by atoms with E-state index in [9.17, 15) is 4.79 Å². The van der Waals surface area contributed by atoms with Crippen LogP contribution in [0.3, 0.4) is 0 Å². The van der Waals surface area contributed by atoms with Gasteiger partial charge in [0, 0.05) is 27.2 Å². The number of nitrogens with two attached hydrogens (primary N) is 1. The van der Waals surface area contributed by atoms with Crippen LogP contribution in [0.1, 0.15) is 10.4 Å². The number of amides is 1. The number of nitrogens with one attached hydrogen (secondary N) is 1. The molecule has 110 valence electrons. The molecule has 0 saturated carbocycles. The monoisotopic (exact) mass is 329 g/mol. The van der Waals surface area contributed by atoms with Crippen LogP contribution in [-0.4, -0.2) is 10.9 Å². The molecular weight excluding hydrogens is 318 g/mol. The molecule has 3 aromatic rings. The van der Waals surface area contributed by atoms with Gasteiger partial charge in [-0.15, -0.1) is 11.3 Å². The van der Waals surface area contributed by atoms with Gasteiger partial charge < -0.3 is 11.1 Å². The molecule has 0 saturated heterocycles. The van der Waals surface area contributed by atoms with Crippen molar-refractivity contribution in [2.24, 2.45) is 0 Å². The Balaban J connectivity index is 1.81. The molecule has 0 aliphatic heterocycles. The topological polar surface area (TPSA) is 68.0 Å². The number of halogens is 1. The second-order valence-electron chi connectivity index (χ2n) is 4.61. The Hall–Kier alpha value is -2.37. The van der Waals surface area contributed by atoms with Gasteiger partial charge in [0.2, 0.25) is 0 Å². The van der Waals surface area contributed by atoms with Crippen LogP contribution in [0.2, 0.25) is 5.02 Å². The number of thiazole rings is 1. The summed E-state index contributed by atoms with van der Waals surface area (Å²) in [5.74, 6) is -0.188. The second kappa shape index (κ2) is 6.17. The van der Waals surface area contributed by atoms with E-state index in [1.54, 1.807) is 24.3 Å². The predicted molar refractivity (Wildman–Crippen MR) is 91.4 cm³/mol. The SMILES string of the molecule is Nc1nc(-c2cccc(NC(=O)c3ccc(Cl)cc3)c2)cs1. The highest BCUT2D eigenvalue weighted by Gasteiger charge is 2.08. The molecule has 1 aromatic heterocycles. The summed E-state index contributed by atoms with van der Waals surface area (Å²) in [7, 11) is 0. The summed E-state index contributed by atoms with van der Waals surface area (Å²) in [6.45, 7) is 0. The van der Waals surface area contributed by atoms with Crippen LogP contribution in [0.4, 0.5) is 10.8 Å². The van der Waals surface area contributed by atoms with Crippen LogP contribution in [-0.2, 0) is 0 Å². The predicted octanol–water partition coefficient (Wildman–Crippen LogP) is 4.30. The Morgan fingerprint density at radius 2 is 1.95 bits per heavy atom. The highest BCUT2D eigenvalue weighted by molar-refractivity contribution is 7.13. The summed E-state index contributed by atoms with van der Waals surface area (Å²) in [5.41, 5.74) is 8.60. The number of hydrogen-bond donors (Lipinski definition) is 2. The molecule has 1 heterocycles. The molecule has 0 bridgehead atoms. The van der Waals surface area contributed by atoms with Crippen LogP contribution in [0.5, 0.6) is 0 Å². The van der Waals surface area contributed by atoms with Gasteiger partial charge in [0.15, 0.2) is 5.13 Å². The van der Waals surface area contributed by atoms with Crippen molar-refractivity contribution in [2.45, 2.75) is 0 Å². The van der Waals surface area contributed by atoms with Crippen molar-refractivity contribution < 1.29 is 4.79 Å². The number of nitrogens with zero attached hydrogens (tertiary/aromatic N) is 1. The summed E-state index contributed by atoms with van der Waals surface area (Å²) >= 11 is 7.20. The molecule has 0 radical (unpaired) electrons. The maximum Gasteiger partial charge on any atom is 0.255 e. The molecule has 4 nitrogen and oxygen atoms in total. The minimum absolute atomic E-state index is 0.188. The number of benzene rings is 2. The lowest BCUT2D eigenvalue weighted by atomic mass is 10.1. The molecule has 2 aromatic carbocycles. The Bertz CT molecular complexity index is 814. The zero-order valence-electron chi connectivity index (χ0n) is 11.4. The first-order valence-corrected chi connectivity index (χ1v) is 7.76. The molecule has 0 atom stereocenters. The Morgan fingerprint density at radius 3 is 2.64 bits per heavy atom. The largest absolute Gasteiger partial charge is 0.375 e. The third-order valence-corrected chi connectivity index (χ3v) is 3.97. The molecule has 0 aliphatic carbocycles. The smallest absolute Gasteiger partial charge is 0.255 e. The van der Waals surface area contributed by atoms with Crippen LogP contribution in [0, 0.1) is 0 Å². The van der Waals surface area contributed by atoms with E-state index in [0.29, 0.717) is 21.4 Å². The van der Waals surface area contributed by atoms with Gasteiger partial charge >= 0.3 is 0 Å². The van der Waals surface area contributed by atoms with E-state index < -0.39 is 0 Å². The van der Waals surface area contributed by atoms with Crippen molar-refractivity contribution in [1.82, 2.24) is 4.98 Å². The van der Waals surface area contributed by atoms with Crippen molar-refractivity contribution in [3.8, 4) is 11.3 Å². The van der Waals surface area contributed by atoms with Crippen molar-refractivity contribution in [3.05, 3.63) is 64.5 Å². The van der Waals surface area contributed by atoms with E-state index in [4.69, 9.17) is 17.3 Å². The van der Waals surface area contributed by atoms with Crippen LogP contribution in [0.15, 0.2) is 53.9 Å². The third-order valence-electron chi connectivity index (χ3n) is 3.04. The first-order valence-electron chi connectivity index (χ1n) is 6.50. The lowest BCUT2D eigenvalue weighted by Crippen LogP contribution is -2.11. The maximum atomic E-state index is 12.2. The first-order chi connectivity index (χ1) is 10.6. The second-order valence-corrected chi connectivity index (χ2v) is 5.94. The first kappa shape index (κ1) is 14.6. The van der Waals surface area contributed by atoms with E-state index in [-0.39, 0.29) is 5.91 Å². The summed E-state index contributed by atoms with van der Waals surface area (Å²) in [6.07, 6.45) is 0. The van der Waals surface area contributed by atoms with Gasteiger partial charge in [-0.2, -0.15) is 0 Å². The van der Waals surface area contributed by atoms with Crippen molar-refractivity contribution >= 4 is 39.7 Å². The minimum atomic E-state index is -0.188. The fraction of sp³-hybridized carbons (Fsp3) is 0. The van der Waals surface area contributed by atoms with Crippen molar-refractivity contribution in [2.75, 3.05) is 11.1 Å². The number of aromatic nitrogens is 1. The van der Waals surface area contributed by atoms with Crippen LogP contribution < -0.4 is 11.1 Å². The lowest BCUT2D eigenvalue weighted by molar-refractivity contribution is 0.102. The Labute approximate surface area is 136 Å². The molecule has 0 spiro atoms. The van der Waals surface area contributed by atoms with Gasteiger partial charge in [0.05, 0.1) is 5.69 Å². The zero-order valence-corrected chi connectivity index (χ0v) is 13.0. The number of rotatable bonds is 3. The zero-order chi connectivity index (χ0) is 15.5. The average molecular weight is 330 g/mol. The van der Waals surface area contributed by atoms with E-state index in [1.807, 2.05) is 29.6 Å². The summed E-state index contributed by atoms with van der Waals surface area (Å²) in [4.78, 5) is 16.4. The summed E-state index contributed by atoms with van der Waals surface area (Å²) in [6, 6.07) is 14.2. The Morgan fingerprint density at radius 1 is 1.18 bits per heavy atom. The molecule has 3 N–H and O–H groups in total. The maximum absolute atomic E-state index is 12.2. The number of carbonyl (C=O) groups is 1. The van der Waals surface area contributed by atoms with E-state index >= 15 is 0 Å². The standard InChI is InChI=1S/C16H12ClN3OS/c17-12-6-4-10(5-7-12)15(21)19-13-3-1-2-11(8-13)14-9-22-16(18)20-14/h1-9H,(H2,18,20)(H,19,21). The molecular formula is C16H12ClN3OS. The normalized spacial score (nSPS) is 10.4. The molecule has 22 heavy (non-hydrogen) atoms. The minimum Gasteiger partial charge on any atom is -0.375 e. The van der Waals surface area contributed by atoms with E-state index in [0.717, 1.165) is 11.3 Å². The van der Waals surface area contributed by atoms with Gasteiger partial charge in [0.1, 0.15) is 0 Å². The fourth-order valence-electron chi connectivity index (χ4n) is 1.98. The number of anilines is 2. The Kier molecular flexibility index (Phi) is 4.09. The molecule has 0 aliphatic rings. The molecule has 1 amide bonds. The van der Waals surface area contributed by atoms with Crippen molar-refractivity contribution in [3.63, 3.8) is 0 Å². The fourth-order valence-corrected chi connectivity index (χ4v) is 2.68. The molecule has 0 fully saturated rings. The quantitative estimate of drug-likeness (QED) is 0.752. The molecule has 3 rings (SSSR count). The number of nitrogen functional groups attached to an aromatic ring is 1. The van der Waals surface area contributed by atoms with Gasteiger partial charge in [-0.3, -0.25) is 4.79 Å². The van der Waals surface area contributed by atoms with E-state index in [2.05, 4.69) is 10.3 Å². The average Bonchev–Trinajstić information content (AvgIpc) is 2.95. The highest BCUT2D eigenvalue weighted by atomic mass is 35.5. The lowest BCUT2D eigenvalue weighted by Gasteiger charge is -2.07. The number of hydrogen-bond acceptors (Lipinski definition) is 4. The third kappa shape index (κ3) is 3.27. The van der Waals surface area contributed by atoms with Gasteiger partial charge in [0.25, 0.3) is 5.91 Å².